The first-order valence-corrected chi connectivity index (χ1v) is 7.49. The summed E-state index contributed by atoms with van der Waals surface area (Å²) in [7, 11) is 0. The molecule has 2 aromatic rings. The predicted octanol–water partition coefficient (Wildman–Crippen LogP) is 4.25. The molecular formula is C16H16Cl2N2. The van der Waals surface area contributed by atoms with Gasteiger partial charge in [0.05, 0.1) is 0 Å². The minimum atomic E-state index is 0.634. The number of anilines is 1. The zero-order chi connectivity index (χ0) is 13.9. The lowest BCUT2D eigenvalue weighted by molar-refractivity contribution is 0.644. The third-order valence-corrected chi connectivity index (χ3v) is 4.33. The minimum Gasteiger partial charge on any atom is -0.381 e. The van der Waals surface area contributed by atoms with Gasteiger partial charge in [-0.1, -0.05) is 35.3 Å². The maximum atomic E-state index is 6.18. The number of hydrogen-bond donors (Lipinski definition) is 2. The molecule has 3 rings (SSSR count). The van der Waals surface area contributed by atoms with Gasteiger partial charge in [0.1, 0.15) is 0 Å². The Morgan fingerprint density at radius 3 is 2.65 bits per heavy atom. The van der Waals surface area contributed by atoms with Gasteiger partial charge in [-0.3, -0.25) is 0 Å². The smallest absolute Gasteiger partial charge is 0.0470 e. The second kappa shape index (κ2) is 6.04. The molecule has 0 atom stereocenters. The van der Waals surface area contributed by atoms with Crippen LogP contribution in [0.3, 0.4) is 0 Å². The highest BCUT2D eigenvalue weighted by atomic mass is 35.5. The zero-order valence-corrected chi connectivity index (χ0v) is 12.6. The molecule has 1 heterocycles. The van der Waals surface area contributed by atoms with E-state index in [1.54, 1.807) is 0 Å². The summed E-state index contributed by atoms with van der Waals surface area (Å²) >= 11 is 12.4. The Morgan fingerprint density at radius 1 is 1.05 bits per heavy atom. The lowest BCUT2D eigenvalue weighted by atomic mass is 10.0. The minimum absolute atomic E-state index is 0.634. The van der Waals surface area contributed by atoms with Crippen molar-refractivity contribution >= 4 is 28.9 Å². The van der Waals surface area contributed by atoms with Crippen molar-refractivity contribution in [2.75, 3.05) is 11.9 Å². The van der Waals surface area contributed by atoms with E-state index in [2.05, 4.69) is 28.8 Å². The van der Waals surface area contributed by atoms with Crippen molar-refractivity contribution in [3.63, 3.8) is 0 Å². The first-order chi connectivity index (χ1) is 9.74. The van der Waals surface area contributed by atoms with E-state index in [1.165, 1.54) is 11.1 Å². The van der Waals surface area contributed by atoms with Crippen LogP contribution in [0.2, 0.25) is 10.0 Å². The van der Waals surface area contributed by atoms with Crippen LogP contribution < -0.4 is 10.6 Å². The topological polar surface area (TPSA) is 24.1 Å². The Morgan fingerprint density at radius 2 is 1.85 bits per heavy atom. The third-order valence-electron chi connectivity index (χ3n) is 3.62. The molecule has 0 fully saturated rings. The maximum absolute atomic E-state index is 6.18. The van der Waals surface area contributed by atoms with Crippen LogP contribution in [-0.2, 0) is 19.5 Å². The molecule has 0 radical (unpaired) electrons. The van der Waals surface area contributed by atoms with Gasteiger partial charge in [-0.15, -0.1) is 0 Å². The van der Waals surface area contributed by atoms with Crippen molar-refractivity contribution in [1.82, 2.24) is 5.32 Å². The molecule has 20 heavy (non-hydrogen) atoms. The van der Waals surface area contributed by atoms with Crippen LogP contribution in [0.25, 0.3) is 0 Å². The Labute approximate surface area is 129 Å². The van der Waals surface area contributed by atoms with Crippen LogP contribution in [-0.4, -0.2) is 6.54 Å². The van der Waals surface area contributed by atoms with E-state index in [1.807, 2.05) is 18.2 Å². The second-order valence-electron chi connectivity index (χ2n) is 4.96. The van der Waals surface area contributed by atoms with Crippen LogP contribution in [0, 0.1) is 0 Å². The highest BCUT2D eigenvalue weighted by Gasteiger charge is 2.09. The second-order valence-corrected chi connectivity index (χ2v) is 5.78. The van der Waals surface area contributed by atoms with E-state index in [-0.39, 0.29) is 0 Å². The maximum Gasteiger partial charge on any atom is 0.0470 e. The number of rotatable bonds is 3. The normalized spacial score (nSPS) is 13.9. The largest absolute Gasteiger partial charge is 0.381 e. The van der Waals surface area contributed by atoms with E-state index in [9.17, 15) is 0 Å². The molecule has 104 valence electrons. The highest BCUT2D eigenvalue weighted by molar-refractivity contribution is 6.36. The summed E-state index contributed by atoms with van der Waals surface area (Å²) < 4.78 is 0. The van der Waals surface area contributed by atoms with Crippen molar-refractivity contribution < 1.29 is 0 Å². The number of nitrogens with one attached hydrogen (secondary N) is 2. The Balaban J connectivity index is 1.75. The summed E-state index contributed by atoms with van der Waals surface area (Å²) in [5.41, 5.74) is 4.86. The number of hydrogen-bond acceptors (Lipinski definition) is 2. The molecule has 0 unspecified atom stereocenters. The molecule has 0 aromatic heterocycles. The summed E-state index contributed by atoms with van der Waals surface area (Å²) in [6.45, 7) is 2.65. The Bertz CT molecular complexity index is 606. The average molecular weight is 307 g/mol. The van der Waals surface area contributed by atoms with Crippen LogP contribution in [0.5, 0.6) is 0 Å². The first-order valence-electron chi connectivity index (χ1n) is 6.73. The summed E-state index contributed by atoms with van der Waals surface area (Å²) in [5.74, 6) is 0. The van der Waals surface area contributed by atoms with Gasteiger partial charge in [-0.2, -0.15) is 0 Å². The van der Waals surface area contributed by atoms with E-state index in [0.717, 1.165) is 30.8 Å². The number of halogens is 2. The van der Waals surface area contributed by atoms with Crippen LogP contribution in [0.1, 0.15) is 16.7 Å². The molecule has 0 saturated carbocycles. The van der Waals surface area contributed by atoms with Gasteiger partial charge in [-0.05, 0) is 48.4 Å². The Hall–Kier alpha value is -1.22. The van der Waals surface area contributed by atoms with Gasteiger partial charge in [0.15, 0.2) is 0 Å². The molecular weight excluding hydrogens is 291 g/mol. The third kappa shape index (κ3) is 2.93. The molecule has 0 amide bonds. The summed E-state index contributed by atoms with van der Waals surface area (Å²) in [5, 5.41) is 8.18. The van der Waals surface area contributed by atoms with Gasteiger partial charge < -0.3 is 10.6 Å². The molecule has 2 nitrogen and oxygen atoms in total. The van der Waals surface area contributed by atoms with Gasteiger partial charge in [-0.25, -0.2) is 0 Å². The highest BCUT2D eigenvalue weighted by Crippen LogP contribution is 2.26. The molecule has 1 aliphatic heterocycles. The van der Waals surface area contributed by atoms with Gasteiger partial charge in [0.25, 0.3) is 0 Å². The fourth-order valence-electron chi connectivity index (χ4n) is 2.48. The molecule has 4 heteroatoms. The quantitative estimate of drug-likeness (QED) is 0.886. The van der Waals surface area contributed by atoms with Gasteiger partial charge >= 0.3 is 0 Å². The van der Waals surface area contributed by atoms with Crippen molar-refractivity contribution in [2.45, 2.75) is 19.5 Å². The lowest BCUT2D eigenvalue weighted by Gasteiger charge is -2.18. The number of benzene rings is 2. The fraction of sp³-hybridized carbons (Fsp3) is 0.250. The van der Waals surface area contributed by atoms with Gasteiger partial charge in [0, 0.05) is 34.4 Å². The Kier molecular flexibility index (Phi) is 4.16. The fourth-order valence-corrected chi connectivity index (χ4v) is 3.01. The van der Waals surface area contributed by atoms with Crippen LogP contribution in [0.15, 0.2) is 36.4 Å². The standard InChI is InChI=1S/C16H16Cl2N2/c17-15-2-1-3-16(18)14(15)10-20-13-5-4-12-9-19-7-6-11(12)8-13/h1-5,8,19-20H,6-7,9-10H2. The molecule has 0 aliphatic carbocycles. The van der Waals surface area contributed by atoms with E-state index < -0.39 is 0 Å². The van der Waals surface area contributed by atoms with E-state index in [0.29, 0.717) is 16.6 Å². The van der Waals surface area contributed by atoms with E-state index in [4.69, 9.17) is 23.2 Å². The van der Waals surface area contributed by atoms with Crippen molar-refractivity contribution in [3.8, 4) is 0 Å². The molecule has 0 bridgehead atoms. The predicted molar refractivity (Wildman–Crippen MR) is 85.6 cm³/mol. The molecule has 1 aliphatic rings. The molecule has 2 N–H and O–H groups in total. The van der Waals surface area contributed by atoms with Crippen molar-refractivity contribution in [1.29, 1.82) is 0 Å². The average Bonchev–Trinajstić information content (AvgIpc) is 2.46. The molecule has 0 saturated heterocycles. The van der Waals surface area contributed by atoms with Crippen molar-refractivity contribution in [3.05, 3.63) is 63.1 Å². The van der Waals surface area contributed by atoms with Crippen molar-refractivity contribution in [2.24, 2.45) is 0 Å². The van der Waals surface area contributed by atoms with Crippen LogP contribution >= 0.6 is 23.2 Å². The molecule has 0 spiro atoms. The first kappa shape index (κ1) is 13.7. The van der Waals surface area contributed by atoms with Gasteiger partial charge in [0.2, 0.25) is 0 Å². The zero-order valence-electron chi connectivity index (χ0n) is 11.0. The SMILES string of the molecule is Clc1cccc(Cl)c1CNc1ccc2c(c1)CCNC2. The summed E-state index contributed by atoms with van der Waals surface area (Å²) in [4.78, 5) is 0. The van der Waals surface area contributed by atoms with E-state index >= 15 is 0 Å². The number of fused-ring (bicyclic) bond motifs is 1. The molecule has 2 aromatic carbocycles. The van der Waals surface area contributed by atoms with Crippen LogP contribution in [0.4, 0.5) is 5.69 Å². The summed E-state index contributed by atoms with van der Waals surface area (Å²) in [6.07, 6.45) is 1.08. The lowest BCUT2D eigenvalue weighted by Crippen LogP contribution is -2.23. The summed E-state index contributed by atoms with van der Waals surface area (Å²) in [6, 6.07) is 12.1. The monoisotopic (exact) mass is 306 g/mol.